The highest BCUT2D eigenvalue weighted by Gasteiger charge is 2.43. The number of nitrogens with one attached hydrogen (secondary N) is 1. The van der Waals surface area contributed by atoms with Crippen molar-refractivity contribution < 1.29 is 21.6 Å². The number of piperazine rings is 1. The Morgan fingerprint density at radius 2 is 1.20 bits per heavy atom. The molecule has 0 bridgehead atoms. The van der Waals surface area contributed by atoms with Crippen molar-refractivity contribution in [3.63, 3.8) is 0 Å². The van der Waals surface area contributed by atoms with Gasteiger partial charge in [-0.3, -0.25) is 4.79 Å². The lowest BCUT2D eigenvalue weighted by molar-refractivity contribution is -0.120. The molecule has 1 aliphatic rings. The molecule has 0 aromatic heterocycles. The van der Waals surface area contributed by atoms with Crippen LogP contribution in [0, 0.1) is 0 Å². The smallest absolute Gasteiger partial charge is 0.244 e. The average Bonchev–Trinajstić information content (AvgIpc) is 2.99. The van der Waals surface area contributed by atoms with Crippen LogP contribution in [0.2, 0.25) is 0 Å². The normalized spacial score (nSPS) is 16.9. The van der Waals surface area contributed by atoms with Gasteiger partial charge in [-0.25, -0.2) is 16.8 Å². The van der Waals surface area contributed by atoms with E-state index in [1.54, 1.807) is 48.5 Å². The molecule has 1 saturated heterocycles. The number of benzene rings is 4. The molecule has 4 aromatic carbocycles. The summed E-state index contributed by atoms with van der Waals surface area (Å²) in [5, 5.41) is 2.88. The van der Waals surface area contributed by atoms with Crippen molar-refractivity contribution in [3.05, 3.63) is 115 Å². The van der Waals surface area contributed by atoms with Crippen LogP contribution in [0.3, 0.4) is 0 Å². The fraction of sp³-hybridized carbons (Fsp3) is 0.138. The fourth-order valence-electron chi connectivity index (χ4n) is 4.42. The molecule has 11 heteroatoms. The lowest BCUT2D eigenvalue weighted by Crippen LogP contribution is -2.60. The number of hydrogen-bond acceptors (Lipinski definition) is 6. The van der Waals surface area contributed by atoms with Crippen molar-refractivity contribution in [1.29, 1.82) is 0 Å². The maximum atomic E-state index is 13.8. The Morgan fingerprint density at radius 3 is 1.82 bits per heavy atom. The van der Waals surface area contributed by atoms with E-state index in [0.29, 0.717) is 5.69 Å². The summed E-state index contributed by atoms with van der Waals surface area (Å²) < 4.78 is 56.4. The van der Waals surface area contributed by atoms with Gasteiger partial charge in [-0.2, -0.15) is 8.61 Å². The molecular weight excluding hydrogens is 567 g/mol. The largest absolute Gasteiger partial charge is 0.324 e. The monoisotopic (exact) mass is 593 g/mol. The van der Waals surface area contributed by atoms with E-state index in [-0.39, 0.29) is 29.4 Å². The molecule has 0 radical (unpaired) electrons. The van der Waals surface area contributed by atoms with Gasteiger partial charge < -0.3 is 5.32 Å². The molecule has 0 aliphatic carbocycles. The number of hydrogen-bond donors (Lipinski definition) is 1. The van der Waals surface area contributed by atoms with E-state index in [4.69, 9.17) is 0 Å². The minimum absolute atomic E-state index is 0.0344. The molecule has 8 nitrogen and oxygen atoms in total. The number of carbonyl (C=O) groups is 1. The second kappa shape index (κ2) is 11.9. The Hall–Kier alpha value is -3.48. The molecule has 40 heavy (non-hydrogen) atoms. The van der Waals surface area contributed by atoms with Gasteiger partial charge in [-0.05, 0) is 48.5 Å². The minimum Gasteiger partial charge on any atom is -0.324 e. The molecule has 1 amide bonds. The van der Waals surface area contributed by atoms with Crippen LogP contribution in [0.4, 0.5) is 5.69 Å². The Labute approximate surface area is 238 Å². The molecule has 0 unspecified atom stereocenters. The first-order valence-corrected chi connectivity index (χ1v) is 16.2. The third-order valence-corrected chi connectivity index (χ3v) is 11.3. The van der Waals surface area contributed by atoms with E-state index >= 15 is 0 Å². The van der Waals surface area contributed by atoms with Crippen LogP contribution < -0.4 is 5.32 Å². The molecule has 4 aromatic rings. The van der Waals surface area contributed by atoms with Gasteiger partial charge in [0.25, 0.3) is 0 Å². The third kappa shape index (κ3) is 5.98. The first kappa shape index (κ1) is 28.1. The molecule has 1 fully saturated rings. The summed E-state index contributed by atoms with van der Waals surface area (Å²) in [5.74, 6) is -0.617. The lowest BCUT2D eigenvalue weighted by atomic mass is 10.2. The zero-order valence-electron chi connectivity index (χ0n) is 21.3. The summed E-state index contributed by atoms with van der Waals surface area (Å²) in [4.78, 5) is 15.7. The summed E-state index contributed by atoms with van der Waals surface area (Å²) in [6.07, 6.45) is 0. The highest BCUT2D eigenvalue weighted by Crippen LogP contribution is 2.34. The Kier molecular flexibility index (Phi) is 8.38. The third-order valence-electron chi connectivity index (χ3n) is 6.44. The van der Waals surface area contributed by atoms with Crippen molar-refractivity contribution in [2.75, 3.05) is 25.0 Å². The van der Waals surface area contributed by atoms with E-state index in [1.165, 1.54) is 40.3 Å². The van der Waals surface area contributed by atoms with Crippen LogP contribution in [0.5, 0.6) is 0 Å². The summed E-state index contributed by atoms with van der Waals surface area (Å²) >= 11 is 1.46. The number of sulfonamides is 2. The summed E-state index contributed by atoms with van der Waals surface area (Å²) in [7, 11) is -8.05. The van der Waals surface area contributed by atoms with E-state index in [1.807, 2.05) is 42.5 Å². The molecule has 0 spiro atoms. The topological polar surface area (TPSA) is 104 Å². The van der Waals surface area contributed by atoms with Crippen molar-refractivity contribution >= 4 is 43.4 Å². The fourth-order valence-corrected chi connectivity index (χ4v) is 8.39. The standard InChI is InChI=1S/C29H27N3O5S3/c33-29(30-26-18-10-11-19-28(26)38-23-12-4-1-5-13-23)27-22-31(39(34,35)24-14-6-2-7-15-24)20-21-32(27)40(36,37)25-16-8-3-9-17-25/h1-19,27H,20-22H2,(H,30,33)/t27-/m0/s1. The zero-order chi connectivity index (χ0) is 28.2. The van der Waals surface area contributed by atoms with E-state index in [9.17, 15) is 21.6 Å². The Morgan fingerprint density at radius 1 is 0.675 bits per heavy atom. The maximum absolute atomic E-state index is 13.8. The van der Waals surface area contributed by atoms with Gasteiger partial charge in [0, 0.05) is 29.4 Å². The van der Waals surface area contributed by atoms with Gasteiger partial charge in [0.15, 0.2) is 0 Å². The van der Waals surface area contributed by atoms with E-state index in [2.05, 4.69) is 5.32 Å². The van der Waals surface area contributed by atoms with Crippen molar-refractivity contribution in [2.24, 2.45) is 0 Å². The number of amides is 1. The average molecular weight is 594 g/mol. The lowest BCUT2D eigenvalue weighted by Gasteiger charge is -2.39. The van der Waals surface area contributed by atoms with Crippen LogP contribution in [-0.2, 0) is 24.8 Å². The van der Waals surface area contributed by atoms with E-state index in [0.717, 1.165) is 14.1 Å². The molecule has 0 saturated carbocycles. The molecule has 1 heterocycles. The quantitative estimate of drug-likeness (QED) is 0.322. The highest BCUT2D eigenvalue weighted by atomic mass is 32.2. The zero-order valence-corrected chi connectivity index (χ0v) is 23.8. The molecular formula is C29H27N3O5S3. The summed E-state index contributed by atoms with van der Waals surface area (Å²) in [6.45, 7) is -0.599. The first-order chi connectivity index (χ1) is 19.3. The van der Waals surface area contributed by atoms with Gasteiger partial charge >= 0.3 is 0 Å². The van der Waals surface area contributed by atoms with Crippen LogP contribution in [0.25, 0.3) is 0 Å². The van der Waals surface area contributed by atoms with Gasteiger partial charge in [0.05, 0.1) is 15.5 Å². The van der Waals surface area contributed by atoms with Crippen LogP contribution in [-0.4, -0.2) is 57.0 Å². The van der Waals surface area contributed by atoms with Crippen LogP contribution in [0.15, 0.2) is 135 Å². The predicted octanol–water partition coefficient (Wildman–Crippen LogP) is 4.54. The molecule has 1 N–H and O–H groups in total. The Bertz CT molecular complexity index is 1680. The number of carbonyl (C=O) groups excluding carboxylic acids is 1. The molecule has 1 atom stereocenters. The second-order valence-electron chi connectivity index (χ2n) is 9.02. The van der Waals surface area contributed by atoms with Crippen molar-refractivity contribution in [3.8, 4) is 0 Å². The number of rotatable bonds is 8. The van der Waals surface area contributed by atoms with Crippen molar-refractivity contribution in [2.45, 2.75) is 25.6 Å². The number of nitrogens with zero attached hydrogens (tertiary/aromatic N) is 2. The molecule has 5 rings (SSSR count). The molecule has 1 aliphatic heterocycles. The predicted molar refractivity (Wildman–Crippen MR) is 155 cm³/mol. The van der Waals surface area contributed by atoms with Gasteiger partial charge in [-0.15, -0.1) is 0 Å². The summed E-state index contributed by atoms with van der Waals surface area (Å²) in [5.41, 5.74) is 0.501. The Balaban J connectivity index is 1.47. The number of anilines is 1. The van der Waals surface area contributed by atoms with Crippen LogP contribution >= 0.6 is 11.8 Å². The maximum Gasteiger partial charge on any atom is 0.244 e. The highest BCUT2D eigenvalue weighted by molar-refractivity contribution is 7.99. The van der Waals surface area contributed by atoms with Crippen LogP contribution in [0.1, 0.15) is 0 Å². The summed E-state index contributed by atoms with van der Waals surface area (Å²) in [6, 6.07) is 31.3. The number of para-hydroxylation sites is 1. The minimum atomic E-state index is -4.09. The van der Waals surface area contributed by atoms with Gasteiger partial charge in [-0.1, -0.05) is 78.5 Å². The van der Waals surface area contributed by atoms with Crippen molar-refractivity contribution in [1.82, 2.24) is 8.61 Å². The van der Waals surface area contributed by atoms with Gasteiger partial charge in [0.1, 0.15) is 6.04 Å². The van der Waals surface area contributed by atoms with E-state index < -0.39 is 32.0 Å². The van der Waals surface area contributed by atoms with Gasteiger partial charge in [0.2, 0.25) is 26.0 Å². The SMILES string of the molecule is O=C(Nc1ccccc1Sc1ccccc1)[C@@H]1CN(S(=O)(=O)c2ccccc2)CCN1S(=O)(=O)c1ccccc1. The first-order valence-electron chi connectivity index (χ1n) is 12.5. The molecule has 206 valence electrons. The second-order valence-corrected chi connectivity index (χ2v) is 14.0.